The standard InChI is InChI=1S/C22H27N3O2/c1-14(2)24-20-10-15(3)16(7-9-22(26)27-5)12-19(20)17-6-8-21-18(11-17)13-23-25(21)4/h6,8,10-14,24H,7,9H2,1-5H3. The minimum absolute atomic E-state index is 0.183. The summed E-state index contributed by atoms with van der Waals surface area (Å²) in [6.45, 7) is 6.36. The van der Waals surface area contributed by atoms with Crippen molar-refractivity contribution >= 4 is 22.6 Å². The van der Waals surface area contributed by atoms with E-state index in [1.165, 1.54) is 12.7 Å². The van der Waals surface area contributed by atoms with Crippen LogP contribution in [0, 0.1) is 6.92 Å². The molecule has 27 heavy (non-hydrogen) atoms. The smallest absolute Gasteiger partial charge is 0.305 e. The number of carbonyl (C=O) groups is 1. The quantitative estimate of drug-likeness (QED) is 0.655. The van der Waals surface area contributed by atoms with Crippen LogP contribution >= 0.6 is 0 Å². The fourth-order valence-electron chi connectivity index (χ4n) is 3.36. The lowest BCUT2D eigenvalue weighted by Gasteiger charge is -2.18. The predicted molar refractivity (Wildman–Crippen MR) is 110 cm³/mol. The number of esters is 1. The van der Waals surface area contributed by atoms with Gasteiger partial charge in [-0.3, -0.25) is 9.48 Å². The highest BCUT2D eigenvalue weighted by molar-refractivity contribution is 5.88. The average molecular weight is 365 g/mol. The lowest BCUT2D eigenvalue weighted by Crippen LogP contribution is -2.11. The third-order valence-corrected chi connectivity index (χ3v) is 4.80. The topological polar surface area (TPSA) is 56.1 Å². The molecule has 0 aliphatic heterocycles. The van der Waals surface area contributed by atoms with Gasteiger partial charge in [0.25, 0.3) is 0 Å². The maximum atomic E-state index is 11.6. The van der Waals surface area contributed by atoms with Gasteiger partial charge in [0.05, 0.1) is 18.8 Å². The van der Waals surface area contributed by atoms with Crippen molar-refractivity contribution in [1.82, 2.24) is 9.78 Å². The van der Waals surface area contributed by atoms with Crippen molar-refractivity contribution in [2.24, 2.45) is 7.05 Å². The Morgan fingerprint density at radius 2 is 2.04 bits per heavy atom. The summed E-state index contributed by atoms with van der Waals surface area (Å²) < 4.78 is 6.67. The van der Waals surface area contributed by atoms with Gasteiger partial charge in [-0.25, -0.2) is 0 Å². The molecular formula is C22H27N3O2. The maximum absolute atomic E-state index is 11.6. The number of benzene rings is 2. The fraction of sp³-hybridized carbons (Fsp3) is 0.364. The van der Waals surface area contributed by atoms with Crippen molar-refractivity contribution in [1.29, 1.82) is 0 Å². The molecule has 0 atom stereocenters. The molecule has 1 heterocycles. The van der Waals surface area contributed by atoms with Crippen molar-refractivity contribution in [2.45, 2.75) is 39.7 Å². The van der Waals surface area contributed by atoms with Gasteiger partial charge in [0.15, 0.2) is 0 Å². The Morgan fingerprint density at radius 3 is 2.74 bits per heavy atom. The van der Waals surface area contributed by atoms with Gasteiger partial charge >= 0.3 is 5.97 Å². The maximum Gasteiger partial charge on any atom is 0.305 e. The van der Waals surface area contributed by atoms with Gasteiger partial charge in [-0.1, -0.05) is 6.07 Å². The Labute approximate surface area is 160 Å². The minimum atomic E-state index is -0.183. The average Bonchev–Trinajstić information content (AvgIpc) is 3.00. The minimum Gasteiger partial charge on any atom is -0.469 e. The van der Waals surface area contributed by atoms with Crippen LogP contribution in [0.4, 0.5) is 5.69 Å². The zero-order valence-electron chi connectivity index (χ0n) is 16.7. The first kappa shape index (κ1) is 19.0. The highest BCUT2D eigenvalue weighted by atomic mass is 16.5. The zero-order chi connectivity index (χ0) is 19.6. The summed E-state index contributed by atoms with van der Waals surface area (Å²) in [5.74, 6) is -0.183. The number of aryl methyl sites for hydroxylation is 3. The summed E-state index contributed by atoms with van der Waals surface area (Å²) in [5.41, 5.74) is 6.82. The Kier molecular flexibility index (Phi) is 5.49. The lowest BCUT2D eigenvalue weighted by molar-refractivity contribution is -0.140. The summed E-state index contributed by atoms with van der Waals surface area (Å²) in [6.07, 6.45) is 2.94. The molecule has 3 rings (SSSR count). The van der Waals surface area contributed by atoms with Crippen LogP contribution in [0.15, 0.2) is 36.5 Å². The summed E-state index contributed by atoms with van der Waals surface area (Å²) >= 11 is 0. The molecule has 0 fully saturated rings. The third-order valence-electron chi connectivity index (χ3n) is 4.80. The van der Waals surface area contributed by atoms with Crippen LogP contribution in [0.25, 0.3) is 22.0 Å². The van der Waals surface area contributed by atoms with E-state index >= 15 is 0 Å². The number of nitrogens with one attached hydrogen (secondary N) is 1. The molecule has 2 aromatic carbocycles. The summed E-state index contributed by atoms with van der Waals surface area (Å²) in [6, 6.07) is 11.1. The number of hydrogen-bond donors (Lipinski definition) is 1. The molecule has 0 saturated carbocycles. The molecule has 142 valence electrons. The molecular weight excluding hydrogens is 338 g/mol. The first-order valence-corrected chi connectivity index (χ1v) is 9.28. The molecule has 0 aliphatic carbocycles. The molecule has 0 radical (unpaired) electrons. The lowest BCUT2D eigenvalue weighted by atomic mass is 9.94. The number of aromatic nitrogens is 2. The number of ether oxygens (including phenoxy) is 1. The summed E-state index contributed by atoms with van der Waals surface area (Å²) in [4.78, 5) is 11.6. The van der Waals surface area contributed by atoms with Crippen LogP contribution in [-0.4, -0.2) is 28.9 Å². The van der Waals surface area contributed by atoms with Gasteiger partial charge in [-0.05, 0) is 68.1 Å². The summed E-state index contributed by atoms with van der Waals surface area (Å²) in [5, 5.41) is 9.01. The van der Waals surface area contributed by atoms with Crippen molar-refractivity contribution in [2.75, 3.05) is 12.4 Å². The van der Waals surface area contributed by atoms with E-state index in [1.54, 1.807) is 0 Å². The number of hydrogen-bond acceptors (Lipinski definition) is 4. The molecule has 0 bridgehead atoms. The number of carbonyl (C=O) groups excluding carboxylic acids is 1. The van der Waals surface area contributed by atoms with E-state index in [9.17, 15) is 4.79 Å². The molecule has 0 aliphatic rings. The second-order valence-electron chi connectivity index (χ2n) is 7.24. The van der Waals surface area contributed by atoms with Gasteiger partial charge < -0.3 is 10.1 Å². The predicted octanol–water partition coefficient (Wildman–Crippen LogP) is 4.47. The molecule has 3 aromatic rings. The Bertz CT molecular complexity index is 973. The van der Waals surface area contributed by atoms with E-state index < -0.39 is 0 Å². The van der Waals surface area contributed by atoms with E-state index in [2.05, 4.69) is 61.5 Å². The molecule has 0 amide bonds. The Hall–Kier alpha value is -2.82. The van der Waals surface area contributed by atoms with Crippen molar-refractivity contribution in [3.63, 3.8) is 0 Å². The van der Waals surface area contributed by atoms with Gasteiger partial charge in [0.2, 0.25) is 0 Å². The number of nitrogens with zero attached hydrogens (tertiary/aromatic N) is 2. The largest absolute Gasteiger partial charge is 0.469 e. The number of rotatable bonds is 6. The van der Waals surface area contributed by atoms with Gasteiger partial charge in [-0.2, -0.15) is 5.10 Å². The Morgan fingerprint density at radius 1 is 1.26 bits per heavy atom. The monoisotopic (exact) mass is 365 g/mol. The van der Waals surface area contributed by atoms with Gasteiger partial charge in [0, 0.05) is 36.1 Å². The second kappa shape index (κ2) is 7.82. The molecule has 0 saturated heterocycles. The highest BCUT2D eigenvalue weighted by Crippen LogP contribution is 2.34. The molecule has 1 aromatic heterocycles. The Balaban J connectivity index is 2.06. The van der Waals surface area contributed by atoms with Crippen LogP contribution < -0.4 is 5.32 Å². The molecule has 5 heteroatoms. The molecule has 5 nitrogen and oxygen atoms in total. The zero-order valence-corrected chi connectivity index (χ0v) is 16.7. The van der Waals surface area contributed by atoms with E-state index in [0.717, 1.165) is 33.3 Å². The first-order valence-electron chi connectivity index (χ1n) is 9.28. The van der Waals surface area contributed by atoms with E-state index in [0.29, 0.717) is 18.9 Å². The van der Waals surface area contributed by atoms with Crippen LogP contribution in [0.1, 0.15) is 31.4 Å². The van der Waals surface area contributed by atoms with Crippen LogP contribution in [0.5, 0.6) is 0 Å². The second-order valence-corrected chi connectivity index (χ2v) is 7.24. The van der Waals surface area contributed by atoms with Gasteiger partial charge in [-0.15, -0.1) is 0 Å². The fourth-order valence-corrected chi connectivity index (χ4v) is 3.36. The van der Waals surface area contributed by atoms with Crippen LogP contribution in [-0.2, 0) is 23.0 Å². The van der Waals surface area contributed by atoms with E-state index in [-0.39, 0.29) is 5.97 Å². The van der Waals surface area contributed by atoms with Gasteiger partial charge in [0.1, 0.15) is 0 Å². The molecule has 0 spiro atoms. The number of methoxy groups -OCH3 is 1. The normalized spacial score (nSPS) is 11.2. The van der Waals surface area contributed by atoms with Crippen LogP contribution in [0.2, 0.25) is 0 Å². The van der Waals surface area contributed by atoms with Crippen LogP contribution in [0.3, 0.4) is 0 Å². The molecule has 0 unspecified atom stereocenters. The number of fused-ring (bicyclic) bond motifs is 1. The highest BCUT2D eigenvalue weighted by Gasteiger charge is 2.13. The first-order chi connectivity index (χ1) is 12.9. The van der Waals surface area contributed by atoms with E-state index in [1.807, 2.05) is 17.9 Å². The molecule has 1 N–H and O–H groups in total. The SMILES string of the molecule is COC(=O)CCc1cc(-c2ccc3c(cnn3C)c2)c(NC(C)C)cc1C. The third kappa shape index (κ3) is 4.13. The van der Waals surface area contributed by atoms with Crippen molar-refractivity contribution in [3.8, 4) is 11.1 Å². The number of anilines is 1. The van der Waals surface area contributed by atoms with Crippen molar-refractivity contribution in [3.05, 3.63) is 47.7 Å². The summed E-state index contributed by atoms with van der Waals surface area (Å²) in [7, 11) is 3.38. The van der Waals surface area contributed by atoms with Crippen molar-refractivity contribution < 1.29 is 9.53 Å². The van der Waals surface area contributed by atoms with E-state index in [4.69, 9.17) is 4.74 Å².